The fraction of sp³-hybridized carbons (Fsp3) is 0.846. The van der Waals surface area contributed by atoms with Gasteiger partial charge in [0.15, 0.2) is 0 Å². The SMILES string of the molecule is CC(C)C1CCN(C(=O)N2C[C@H](O)C[C@@H]2C(=O)O)C1. The monoisotopic (exact) mass is 270 g/mol. The van der Waals surface area contributed by atoms with E-state index in [1.54, 1.807) is 4.90 Å². The number of hydrogen-bond donors (Lipinski definition) is 2. The zero-order chi connectivity index (χ0) is 14.2. The first-order chi connectivity index (χ1) is 8.90. The Morgan fingerprint density at radius 2 is 1.95 bits per heavy atom. The average molecular weight is 270 g/mol. The zero-order valence-corrected chi connectivity index (χ0v) is 11.5. The molecule has 0 spiro atoms. The minimum Gasteiger partial charge on any atom is -0.480 e. The van der Waals surface area contributed by atoms with Crippen molar-refractivity contribution in [1.82, 2.24) is 9.80 Å². The van der Waals surface area contributed by atoms with Gasteiger partial charge in [-0.15, -0.1) is 0 Å². The number of carbonyl (C=O) groups excluding carboxylic acids is 1. The molecule has 2 fully saturated rings. The van der Waals surface area contributed by atoms with Crippen molar-refractivity contribution in [3.05, 3.63) is 0 Å². The number of carboxylic acids is 1. The second-order valence-electron chi connectivity index (χ2n) is 5.92. The third-order valence-corrected chi connectivity index (χ3v) is 4.25. The van der Waals surface area contributed by atoms with Crippen LogP contribution >= 0.6 is 0 Å². The van der Waals surface area contributed by atoms with Gasteiger partial charge in [-0.25, -0.2) is 9.59 Å². The molecule has 2 heterocycles. The Labute approximate surface area is 113 Å². The molecule has 0 aromatic heterocycles. The van der Waals surface area contributed by atoms with E-state index in [0.29, 0.717) is 24.9 Å². The van der Waals surface area contributed by atoms with Crippen LogP contribution in [0.3, 0.4) is 0 Å². The van der Waals surface area contributed by atoms with Crippen molar-refractivity contribution in [2.45, 2.75) is 38.8 Å². The Kier molecular flexibility index (Phi) is 3.99. The Balaban J connectivity index is 2.01. The predicted octanol–water partition coefficient (Wildman–Crippen LogP) is 0.604. The van der Waals surface area contributed by atoms with E-state index in [-0.39, 0.29) is 19.0 Å². The summed E-state index contributed by atoms with van der Waals surface area (Å²) in [5.41, 5.74) is 0. The molecular weight excluding hydrogens is 248 g/mol. The molecule has 3 atom stereocenters. The quantitative estimate of drug-likeness (QED) is 0.770. The number of rotatable bonds is 2. The highest BCUT2D eigenvalue weighted by atomic mass is 16.4. The van der Waals surface area contributed by atoms with Crippen molar-refractivity contribution in [3.63, 3.8) is 0 Å². The third kappa shape index (κ3) is 2.83. The van der Waals surface area contributed by atoms with Crippen LogP contribution in [0.2, 0.25) is 0 Å². The van der Waals surface area contributed by atoms with Crippen molar-refractivity contribution in [2.24, 2.45) is 11.8 Å². The molecule has 0 saturated carbocycles. The van der Waals surface area contributed by atoms with Gasteiger partial charge in [-0.05, 0) is 18.3 Å². The lowest BCUT2D eigenvalue weighted by Crippen LogP contribution is -2.47. The molecule has 6 nitrogen and oxygen atoms in total. The third-order valence-electron chi connectivity index (χ3n) is 4.25. The summed E-state index contributed by atoms with van der Waals surface area (Å²) in [4.78, 5) is 26.5. The molecular formula is C13H22N2O4. The summed E-state index contributed by atoms with van der Waals surface area (Å²) in [5.74, 6) is -0.0264. The Hall–Kier alpha value is -1.30. The van der Waals surface area contributed by atoms with E-state index >= 15 is 0 Å². The minimum absolute atomic E-state index is 0.124. The molecule has 0 bridgehead atoms. The minimum atomic E-state index is -1.04. The number of urea groups is 1. The van der Waals surface area contributed by atoms with Crippen molar-refractivity contribution in [3.8, 4) is 0 Å². The molecule has 0 aliphatic carbocycles. The molecule has 2 aliphatic heterocycles. The predicted molar refractivity (Wildman–Crippen MR) is 68.7 cm³/mol. The average Bonchev–Trinajstić information content (AvgIpc) is 2.94. The van der Waals surface area contributed by atoms with Crippen molar-refractivity contribution in [1.29, 1.82) is 0 Å². The van der Waals surface area contributed by atoms with Crippen LogP contribution < -0.4 is 0 Å². The van der Waals surface area contributed by atoms with Gasteiger partial charge in [-0.1, -0.05) is 13.8 Å². The normalized spacial score (nSPS) is 31.3. The molecule has 2 amide bonds. The molecule has 2 rings (SSSR count). The maximum absolute atomic E-state index is 12.4. The first kappa shape index (κ1) is 14.1. The Morgan fingerprint density at radius 1 is 1.26 bits per heavy atom. The summed E-state index contributed by atoms with van der Waals surface area (Å²) in [5, 5.41) is 18.7. The van der Waals surface area contributed by atoms with Crippen LogP contribution in [0, 0.1) is 11.8 Å². The molecule has 6 heteroatoms. The lowest BCUT2D eigenvalue weighted by atomic mass is 9.95. The topological polar surface area (TPSA) is 81.1 Å². The van der Waals surface area contributed by atoms with Crippen LogP contribution in [-0.2, 0) is 4.79 Å². The van der Waals surface area contributed by atoms with Crippen LogP contribution in [-0.4, -0.2) is 63.8 Å². The number of likely N-dealkylation sites (tertiary alicyclic amines) is 2. The van der Waals surface area contributed by atoms with Gasteiger partial charge >= 0.3 is 12.0 Å². The maximum Gasteiger partial charge on any atom is 0.326 e. The second-order valence-corrected chi connectivity index (χ2v) is 5.92. The zero-order valence-electron chi connectivity index (χ0n) is 11.5. The Bertz CT molecular complexity index is 372. The number of carboxylic acid groups (broad SMARTS) is 1. The van der Waals surface area contributed by atoms with Crippen molar-refractivity contribution >= 4 is 12.0 Å². The largest absolute Gasteiger partial charge is 0.480 e. The molecule has 2 N–H and O–H groups in total. The summed E-state index contributed by atoms with van der Waals surface area (Å²) in [7, 11) is 0. The maximum atomic E-state index is 12.4. The van der Waals surface area contributed by atoms with Crippen LogP contribution in [0.15, 0.2) is 0 Å². The van der Waals surface area contributed by atoms with Gasteiger partial charge in [0.2, 0.25) is 0 Å². The number of aliphatic hydroxyl groups excluding tert-OH is 1. The van der Waals surface area contributed by atoms with Gasteiger partial charge in [0, 0.05) is 26.1 Å². The van der Waals surface area contributed by atoms with Crippen molar-refractivity contribution in [2.75, 3.05) is 19.6 Å². The van der Waals surface area contributed by atoms with E-state index in [1.165, 1.54) is 4.90 Å². The fourth-order valence-electron chi connectivity index (χ4n) is 2.95. The van der Waals surface area contributed by atoms with Gasteiger partial charge in [0.1, 0.15) is 6.04 Å². The first-order valence-electron chi connectivity index (χ1n) is 6.86. The summed E-state index contributed by atoms with van der Waals surface area (Å²) >= 11 is 0. The molecule has 108 valence electrons. The molecule has 0 radical (unpaired) electrons. The molecule has 2 saturated heterocycles. The number of nitrogens with zero attached hydrogens (tertiary/aromatic N) is 2. The Morgan fingerprint density at radius 3 is 2.47 bits per heavy atom. The van der Waals surface area contributed by atoms with Crippen molar-refractivity contribution < 1.29 is 19.8 Å². The molecule has 2 aliphatic rings. The molecule has 19 heavy (non-hydrogen) atoms. The summed E-state index contributed by atoms with van der Waals surface area (Å²) in [6.07, 6.45) is 0.369. The van der Waals surface area contributed by atoms with Gasteiger partial charge in [0.05, 0.1) is 6.10 Å². The standard InChI is InChI=1S/C13H22N2O4/c1-8(2)9-3-4-14(6-9)13(19)15-7-10(16)5-11(15)12(17)18/h8-11,16H,3-7H2,1-2H3,(H,17,18)/t9?,10-,11-/m1/s1. The van der Waals surface area contributed by atoms with E-state index in [1.807, 2.05) is 0 Å². The second kappa shape index (κ2) is 5.36. The lowest BCUT2D eigenvalue weighted by molar-refractivity contribution is -0.141. The molecule has 0 aromatic carbocycles. The van der Waals surface area contributed by atoms with Crippen LogP contribution in [0.5, 0.6) is 0 Å². The van der Waals surface area contributed by atoms with E-state index in [0.717, 1.165) is 6.42 Å². The summed E-state index contributed by atoms with van der Waals surface area (Å²) in [6.45, 7) is 5.77. The molecule has 0 aromatic rings. The lowest BCUT2D eigenvalue weighted by Gasteiger charge is -2.27. The first-order valence-corrected chi connectivity index (χ1v) is 6.86. The van der Waals surface area contributed by atoms with Crippen LogP contribution in [0.1, 0.15) is 26.7 Å². The van der Waals surface area contributed by atoms with E-state index in [4.69, 9.17) is 5.11 Å². The number of carbonyl (C=O) groups is 2. The number of amides is 2. The van der Waals surface area contributed by atoms with Gasteiger partial charge in [0.25, 0.3) is 0 Å². The van der Waals surface area contributed by atoms with Gasteiger partial charge < -0.3 is 20.0 Å². The highest BCUT2D eigenvalue weighted by Crippen LogP contribution is 2.27. The number of aliphatic carboxylic acids is 1. The smallest absolute Gasteiger partial charge is 0.326 e. The van der Waals surface area contributed by atoms with E-state index < -0.39 is 18.1 Å². The highest BCUT2D eigenvalue weighted by molar-refractivity contribution is 5.83. The molecule has 1 unspecified atom stereocenters. The number of aliphatic hydroxyl groups is 1. The van der Waals surface area contributed by atoms with Crippen LogP contribution in [0.25, 0.3) is 0 Å². The number of β-amino-alcohol motifs (C(OH)–C–C–N with tert-alkyl or cyclic N) is 1. The highest BCUT2D eigenvalue weighted by Gasteiger charge is 2.42. The fourth-order valence-corrected chi connectivity index (χ4v) is 2.95. The van der Waals surface area contributed by atoms with Gasteiger partial charge in [-0.2, -0.15) is 0 Å². The number of hydrogen-bond acceptors (Lipinski definition) is 3. The van der Waals surface area contributed by atoms with E-state index in [9.17, 15) is 14.7 Å². The van der Waals surface area contributed by atoms with Crippen LogP contribution in [0.4, 0.5) is 4.79 Å². The summed E-state index contributed by atoms with van der Waals surface area (Å²) < 4.78 is 0. The summed E-state index contributed by atoms with van der Waals surface area (Å²) in [6, 6.07) is -1.13. The van der Waals surface area contributed by atoms with E-state index in [2.05, 4.69) is 13.8 Å². The van der Waals surface area contributed by atoms with Gasteiger partial charge in [-0.3, -0.25) is 0 Å².